The highest BCUT2D eigenvalue weighted by atomic mass is 79.9. The van der Waals surface area contributed by atoms with Crippen molar-refractivity contribution < 1.29 is 9.53 Å². The number of rotatable bonds is 7. The zero-order valence-electron chi connectivity index (χ0n) is 15.8. The third-order valence-electron chi connectivity index (χ3n) is 4.41. The third-order valence-corrected chi connectivity index (χ3v) is 5.19. The Morgan fingerprint density at radius 1 is 0.929 bits per heavy atom. The molecule has 0 unspecified atom stereocenters. The minimum absolute atomic E-state index is 0.126. The van der Waals surface area contributed by atoms with Crippen LogP contribution in [0.5, 0.6) is 5.75 Å². The first-order chi connectivity index (χ1) is 13.7. The van der Waals surface area contributed by atoms with Crippen LogP contribution in [0, 0.1) is 0 Å². The van der Waals surface area contributed by atoms with E-state index in [1.165, 1.54) is 5.56 Å². The number of hydrogen-bond donors (Lipinski definition) is 1. The molecule has 0 fully saturated rings. The number of nitrogens with zero attached hydrogens (tertiary/aromatic N) is 1. The van der Waals surface area contributed by atoms with Crippen molar-refractivity contribution in [3.8, 4) is 16.9 Å². The molecule has 3 aromatic rings. The second-order valence-electron chi connectivity index (χ2n) is 6.31. The molecule has 0 aliphatic rings. The summed E-state index contributed by atoms with van der Waals surface area (Å²) < 4.78 is 6.84. The summed E-state index contributed by atoms with van der Waals surface area (Å²) in [5.74, 6) is 0.789. The largest absolute Gasteiger partial charge is 0.492 e. The number of urea groups is 1. The van der Waals surface area contributed by atoms with Gasteiger partial charge in [-0.2, -0.15) is 0 Å². The molecule has 0 heterocycles. The predicted molar refractivity (Wildman–Crippen MR) is 116 cm³/mol. The smallest absolute Gasteiger partial charge is 0.317 e. The molecule has 2 amide bonds. The first-order valence-corrected chi connectivity index (χ1v) is 9.95. The second kappa shape index (κ2) is 9.95. The lowest BCUT2D eigenvalue weighted by Gasteiger charge is -2.23. The maximum absolute atomic E-state index is 12.2. The number of nitrogens with one attached hydrogen (secondary N) is 1. The van der Waals surface area contributed by atoms with Gasteiger partial charge in [0.1, 0.15) is 12.4 Å². The summed E-state index contributed by atoms with van der Waals surface area (Å²) >= 11 is 3.54. The molecule has 28 heavy (non-hydrogen) atoms. The Bertz CT molecular complexity index is 898. The van der Waals surface area contributed by atoms with Crippen LogP contribution in [0.15, 0.2) is 83.3 Å². The summed E-state index contributed by atoms with van der Waals surface area (Å²) in [4.78, 5) is 14.0. The van der Waals surface area contributed by atoms with Gasteiger partial charge in [0.15, 0.2) is 0 Å². The van der Waals surface area contributed by atoms with Gasteiger partial charge in [0.2, 0.25) is 0 Å². The molecule has 144 valence electrons. The lowest BCUT2D eigenvalue weighted by atomic mass is 10.1. The third kappa shape index (κ3) is 5.36. The van der Waals surface area contributed by atoms with Gasteiger partial charge in [0, 0.05) is 18.1 Å². The average molecular weight is 439 g/mol. The van der Waals surface area contributed by atoms with Crippen LogP contribution in [0.3, 0.4) is 0 Å². The number of hydrogen-bond acceptors (Lipinski definition) is 2. The Morgan fingerprint density at radius 3 is 2.25 bits per heavy atom. The highest BCUT2D eigenvalue weighted by Gasteiger charge is 2.14. The highest BCUT2D eigenvalue weighted by Crippen LogP contribution is 2.22. The van der Waals surface area contributed by atoms with Crippen LogP contribution in [0.2, 0.25) is 0 Å². The summed E-state index contributed by atoms with van der Waals surface area (Å²) in [6.07, 6.45) is 0. The number of amides is 2. The van der Waals surface area contributed by atoms with Crippen molar-refractivity contribution in [1.29, 1.82) is 0 Å². The van der Waals surface area contributed by atoms with E-state index in [2.05, 4.69) is 33.4 Å². The molecule has 0 aliphatic carbocycles. The number of halogens is 1. The molecule has 0 saturated carbocycles. The second-order valence-corrected chi connectivity index (χ2v) is 7.16. The normalized spacial score (nSPS) is 10.4. The molecule has 3 aromatic carbocycles. The van der Waals surface area contributed by atoms with Gasteiger partial charge in [-0.1, -0.05) is 76.6 Å². The maximum atomic E-state index is 12.2. The van der Waals surface area contributed by atoms with E-state index in [0.29, 0.717) is 19.7 Å². The van der Waals surface area contributed by atoms with Gasteiger partial charge in [0.25, 0.3) is 0 Å². The van der Waals surface area contributed by atoms with E-state index < -0.39 is 0 Å². The summed E-state index contributed by atoms with van der Waals surface area (Å²) in [5.41, 5.74) is 3.38. The molecule has 0 saturated heterocycles. The van der Waals surface area contributed by atoms with Crippen molar-refractivity contribution in [2.24, 2.45) is 0 Å². The lowest BCUT2D eigenvalue weighted by Crippen LogP contribution is -2.40. The van der Waals surface area contributed by atoms with Crippen LogP contribution < -0.4 is 10.1 Å². The molecule has 1 N–H and O–H groups in total. The maximum Gasteiger partial charge on any atom is 0.317 e. The van der Waals surface area contributed by atoms with Crippen molar-refractivity contribution in [2.75, 3.05) is 20.2 Å². The molecule has 4 nitrogen and oxygen atoms in total. The van der Waals surface area contributed by atoms with E-state index >= 15 is 0 Å². The number of carbonyl (C=O) groups excluding carboxylic acids is 1. The van der Waals surface area contributed by atoms with Crippen molar-refractivity contribution in [3.63, 3.8) is 0 Å². The first-order valence-electron chi connectivity index (χ1n) is 9.15. The monoisotopic (exact) mass is 438 g/mol. The number of benzene rings is 3. The standard InChI is InChI=1S/C23H23BrN2O2/c1-25-23(27)26(17-20-9-5-6-10-22(20)24)15-16-28-21-13-11-19(12-14-21)18-7-3-2-4-8-18/h2-14H,15-17H2,1H3,(H,25,27). The summed E-state index contributed by atoms with van der Waals surface area (Å²) in [7, 11) is 1.64. The zero-order valence-corrected chi connectivity index (χ0v) is 17.4. The van der Waals surface area contributed by atoms with Crippen LogP contribution in [0.1, 0.15) is 5.56 Å². The average Bonchev–Trinajstić information content (AvgIpc) is 2.75. The van der Waals surface area contributed by atoms with E-state index in [9.17, 15) is 4.79 Å². The van der Waals surface area contributed by atoms with Gasteiger partial charge in [-0.25, -0.2) is 4.79 Å². The van der Waals surface area contributed by atoms with Gasteiger partial charge in [-0.3, -0.25) is 0 Å². The topological polar surface area (TPSA) is 41.6 Å². The predicted octanol–water partition coefficient (Wildman–Crippen LogP) is 5.34. The fourth-order valence-electron chi connectivity index (χ4n) is 2.89. The van der Waals surface area contributed by atoms with E-state index in [0.717, 1.165) is 21.3 Å². The molecule has 0 radical (unpaired) electrons. The Labute approximate surface area is 174 Å². The molecule has 0 atom stereocenters. The van der Waals surface area contributed by atoms with Gasteiger partial charge in [-0.15, -0.1) is 0 Å². The highest BCUT2D eigenvalue weighted by molar-refractivity contribution is 9.10. The van der Waals surface area contributed by atoms with E-state index in [1.807, 2.05) is 66.7 Å². The van der Waals surface area contributed by atoms with Crippen LogP contribution >= 0.6 is 15.9 Å². The van der Waals surface area contributed by atoms with Gasteiger partial charge >= 0.3 is 6.03 Å². The van der Waals surface area contributed by atoms with Crippen LogP contribution in [0.4, 0.5) is 4.79 Å². The molecule has 0 spiro atoms. The van der Waals surface area contributed by atoms with Crippen molar-refractivity contribution in [2.45, 2.75) is 6.54 Å². The SMILES string of the molecule is CNC(=O)N(CCOc1ccc(-c2ccccc2)cc1)Cc1ccccc1Br. The van der Waals surface area contributed by atoms with Crippen molar-refractivity contribution in [3.05, 3.63) is 88.9 Å². The fraction of sp³-hybridized carbons (Fsp3) is 0.174. The number of carbonyl (C=O) groups is 1. The van der Waals surface area contributed by atoms with E-state index in [-0.39, 0.29) is 6.03 Å². The molecule has 0 aliphatic heterocycles. The minimum atomic E-state index is -0.126. The molecular formula is C23H23BrN2O2. The summed E-state index contributed by atoms with van der Waals surface area (Å²) in [6, 6.07) is 26.0. The van der Waals surface area contributed by atoms with E-state index in [4.69, 9.17) is 4.74 Å². The van der Waals surface area contributed by atoms with Gasteiger partial charge in [-0.05, 0) is 34.9 Å². The number of ether oxygens (including phenoxy) is 1. The molecule has 0 bridgehead atoms. The van der Waals surface area contributed by atoms with Crippen LogP contribution in [-0.2, 0) is 6.54 Å². The summed E-state index contributed by atoms with van der Waals surface area (Å²) in [6.45, 7) is 1.42. The first kappa shape index (κ1) is 20.0. The zero-order chi connectivity index (χ0) is 19.8. The van der Waals surface area contributed by atoms with Crippen molar-refractivity contribution >= 4 is 22.0 Å². The summed E-state index contributed by atoms with van der Waals surface area (Å²) in [5, 5.41) is 2.70. The van der Waals surface area contributed by atoms with Gasteiger partial charge in [0.05, 0.1) is 6.54 Å². The molecule has 5 heteroatoms. The Kier molecular flexibility index (Phi) is 7.09. The molecule has 3 rings (SSSR count). The fourth-order valence-corrected chi connectivity index (χ4v) is 3.30. The minimum Gasteiger partial charge on any atom is -0.492 e. The lowest BCUT2D eigenvalue weighted by molar-refractivity contribution is 0.181. The van der Waals surface area contributed by atoms with E-state index in [1.54, 1.807) is 11.9 Å². The quantitative estimate of drug-likeness (QED) is 0.540. The van der Waals surface area contributed by atoms with Crippen molar-refractivity contribution in [1.82, 2.24) is 10.2 Å². The van der Waals surface area contributed by atoms with Crippen LogP contribution in [-0.4, -0.2) is 31.1 Å². The Morgan fingerprint density at radius 2 is 1.57 bits per heavy atom. The molecular weight excluding hydrogens is 416 g/mol. The Hall–Kier alpha value is -2.79. The molecule has 0 aromatic heterocycles. The van der Waals surface area contributed by atoms with Gasteiger partial charge < -0.3 is 15.0 Å². The van der Waals surface area contributed by atoms with Crippen LogP contribution in [0.25, 0.3) is 11.1 Å². The Balaban J connectivity index is 1.58.